The largest absolute Gasteiger partial charge is 0.484 e. The van der Waals surface area contributed by atoms with Crippen molar-refractivity contribution in [1.82, 2.24) is 25.1 Å². The van der Waals surface area contributed by atoms with Crippen molar-refractivity contribution in [2.24, 2.45) is 0 Å². The van der Waals surface area contributed by atoms with Gasteiger partial charge in [0.1, 0.15) is 11.6 Å². The van der Waals surface area contributed by atoms with Gasteiger partial charge in [0, 0.05) is 24.5 Å². The molecule has 4 rings (SSSR count). The number of hydrogen-bond acceptors (Lipinski definition) is 5. The molecule has 0 bridgehead atoms. The van der Waals surface area contributed by atoms with Gasteiger partial charge in [-0.15, -0.1) is 0 Å². The molecule has 1 aliphatic rings. The summed E-state index contributed by atoms with van der Waals surface area (Å²) in [6.07, 6.45) is 6.33. The van der Waals surface area contributed by atoms with Gasteiger partial charge in [-0.25, -0.2) is 4.98 Å². The number of nitrogens with one attached hydrogen (secondary N) is 1. The van der Waals surface area contributed by atoms with Crippen LogP contribution in [0, 0.1) is 0 Å². The zero-order chi connectivity index (χ0) is 18.5. The van der Waals surface area contributed by atoms with Crippen LogP contribution in [-0.4, -0.2) is 44.1 Å². The van der Waals surface area contributed by atoms with Crippen LogP contribution in [0.4, 0.5) is 0 Å². The van der Waals surface area contributed by atoms with Gasteiger partial charge in [-0.05, 0) is 43.5 Å². The van der Waals surface area contributed by atoms with E-state index in [-0.39, 0.29) is 18.6 Å². The number of amides is 1. The highest BCUT2D eigenvalue weighted by molar-refractivity contribution is 5.78. The molecule has 1 amide bonds. The van der Waals surface area contributed by atoms with Crippen LogP contribution in [0.15, 0.2) is 54.9 Å². The average Bonchev–Trinajstić information content (AvgIpc) is 3.23. The number of H-pyrrole nitrogens is 1. The highest BCUT2D eigenvalue weighted by Gasteiger charge is 2.30. The molecular weight excluding hydrogens is 342 g/mol. The maximum Gasteiger partial charge on any atom is 0.261 e. The Bertz CT molecular complexity index is 882. The molecule has 1 fully saturated rings. The Kier molecular flexibility index (Phi) is 5.09. The van der Waals surface area contributed by atoms with Crippen LogP contribution in [0.3, 0.4) is 0 Å². The number of carbonyl (C=O) groups excluding carboxylic acids is 1. The van der Waals surface area contributed by atoms with Gasteiger partial charge < -0.3 is 9.64 Å². The summed E-state index contributed by atoms with van der Waals surface area (Å²) in [5.41, 5.74) is 0.897. The van der Waals surface area contributed by atoms with E-state index in [1.54, 1.807) is 12.4 Å². The molecule has 0 saturated carbocycles. The SMILES string of the molecule is O=C(COc1ccccc1)N1CCCC[C@@H]1c1nc(-c2ccncc2)n[nH]1. The number of likely N-dealkylation sites (tertiary alicyclic amines) is 1. The summed E-state index contributed by atoms with van der Waals surface area (Å²) in [6, 6.07) is 13.0. The van der Waals surface area contributed by atoms with Crippen LogP contribution in [0.25, 0.3) is 11.4 Å². The zero-order valence-corrected chi connectivity index (χ0v) is 14.9. The summed E-state index contributed by atoms with van der Waals surface area (Å²) in [5, 5.41) is 7.33. The molecular formula is C20H21N5O2. The lowest BCUT2D eigenvalue weighted by Crippen LogP contribution is -2.41. The fourth-order valence-electron chi connectivity index (χ4n) is 3.31. The van der Waals surface area contributed by atoms with Crippen molar-refractivity contribution in [2.75, 3.05) is 13.2 Å². The van der Waals surface area contributed by atoms with Gasteiger partial charge in [0.15, 0.2) is 12.4 Å². The summed E-state index contributed by atoms with van der Waals surface area (Å²) in [4.78, 5) is 23.3. The second-order valence-corrected chi connectivity index (χ2v) is 6.48. The molecule has 0 radical (unpaired) electrons. The molecule has 0 unspecified atom stereocenters. The van der Waals surface area contributed by atoms with Crippen LogP contribution >= 0.6 is 0 Å². The van der Waals surface area contributed by atoms with Crippen LogP contribution < -0.4 is 4.74 Å². The van der Waals surface area contributed by atoms with E-state index in [4.69, 9.17) is 4.74 Å². The number of rotatable bonds is 5. The van der Waals surface area contributed by atoms with Gasteiger partial charge >= 0.3 is 0 Å². The summed E-state index contributed by atoms with van der Waals surface area (Å²) in [5.74, 6) is 1.99. The highest BCUT2D eigenvalue weighted by Crippen LogP contribution is 2.30. The van der Waals surface area contributed by atoms with Crippen LogP contribution in [-0.2, 0) is 4.79 Å². The molecule has 27 heavy (non-hydrogen) atoms. The van der Waals surface area contributed by atoms with E-state index in [9.17, 15) is 4.79 Å². The Balaban J connectivity index is 1.47. The Hall–Kier alpha value is -3.22. The lowest BCUT2D eigenvalue weighted by molar-refractivity contribution is -0.137. The first-order valence-electron chi connectivity index (χ1n) is 9.11. The van der Waals surface area contributed by atoms with Crippen LogP contribution in [0.2, 0.25) is 0 Å². The number of hydrogen-bond donors (Lipinski definition) is 1. The van der Waals surface area contributed by atoms with Crippen molar-refractivity contribution >= 4 is 5.91 Å². The molecule has 1 saturated heterocycles. The summed E-state index contributed by atoms with van der Waals surface area (Å²) >= 11 is 0. The maximum absolute atomic E-state index is 12.8. The topological polar surface area (TPSA) is 84.0 Å². The Morgan fingerprint density at radius 1 is 1.15 bits per heavy atom. The van der Waals surface area contributed by atoms with Gasteiger partial charge in [-0.2, -0.15) is 5.10 Å². The summed E-state index contributed by atoms with van der Waals surface area (Å²) in [7, 11) is 0. The molecule has 3 aromatic rings. The molecule has 3 heterocycles. The Morgan fingerprint density at radius 3 is 2.78 bits per heavy atom. The monoisotopic (exact) mass is 363 g/mol. The van der Waals surface area contributed by atoms with Gasteiger partial charge in [0.2, 0.25) is 0 Å². The standard InChI is InChI=1S/C20H21N5O2/c26-18(14-27-16-6-2-1-3-7-16)25-13-5-4-8-17(25)20-22-19(23-24-20)15-9-11-21-12-10-15/h1-3,6-7,9-12,17H,4-5,8,13-14H2,(H,22,23,24)/t17-/m1/s1. The number of piperidine rings is 1. The number of aromatic nitrogens is 4. The van der Waals surface area contributed by atoms with Gasteiger partial charge in [-0.1, -0.05) is 18.2 Å². The molecule has 7 heteroatoms. The van der Waals surface area contributed by atoms with Crippen molar-refractivity contribution in [3.05, 3.63) is 60.7 Å². The van der Waals surface area contributed by atoms with Gasteiger partial charge in [0.25, 0.3) is 5.91 Å². The average molecular weight is 363 g/mol. The number of aromatic amines is 1. The van der Waals surface area contributed by atoms with E-state index in [1.807, 2.05) is 47.4 Å². The van der Waals surface area contributed by atoms with E-state index >= 15 is 0 Å². The zero-order valence-electron chi connectivity index (χ0n) is 14.9. The predicted octanol–water partition coefficient (Wildman–Crippen LogP) is 3.00. The first kappa shape index (κ1) is 17.2. The van der Waals surface area contributed by atoms with Crippen molar-refractivity contribution in [1.29, 1.82) is 0 Å². The number of benzene rings is 1. The number of nitrogens with zero attached hydrogens (tertiary/aromatic N) is 4. The third-order valence-corrected chi connectivity index (χ3v) is 4.69. The maximum atomic E-state index is 12.8. The number of carbonyl (C=O) groups is 1. The Morgan fingerprint density at radius 2 is 1.96 bits per heavy atom. The normalized spacial score (nSPS) is 16.9. The second-order valence-electron chi connectivity index (χ2n) is 6.48. The first-order valence-corrected chi connectivity index (χ1v) is 9.11. The van der Waals surface area contributed by atoms with Crippen LogP contribution in [0.5, 0.6) is 5.75 Å². The van der Waals surface area contributed by atoms with Crippen molar-refractivity contribution in [3.63, 3.8) is 0 Å². The van der Waals surface area contributed by atoms with Gasteiger partial charge in [0.05, 0.1) is 6.04 Å². The highest BCUT2D eigenvalue weighted by atomic mass is 16.5. The molecule has 138 valence electrons. The minimum absolute atomic E-state index is 0.0197. The van der Waals surface area contributed by atoms with E-state index < -0.39 is 0 Å². The third-order valence-electron chi connectivity index (χ3n) is 4.69. The Labute approximate surface area is 157 Å². The fourth-order valence-corrected chi connectivity index (χ4v) is 3.31. The quantitative estimate of drug-likeness (QED) is 0.753. The lowest BCUT2D eigenvalue weighted by Gasteiger charge is -2.34. The molecule has 1 aromatic carbocycles. The predicted molar refractivity (Wildman–Crippen MR) is 99.9 cm³/mol. The van der Waals surface area contributed by atoms with Crippen molar-refractivity contribution in [2.45, 2.75) is 25.3 Å². The molecule has 0 spiro atoms. The minimum Gasteiger partial charge on any atom is -0.484 e. The second kappa shape index (κ2) is 7.99. The van der Waals surface area contributed by atoms with Crippen molar-refractivity contribution in [3.8, 4) is 17.1 Å². The van der Waals surface area contributed by atoms with E-state index in [2.05, 4.69) is 20.2 Å². The first-order chi connectivity index (χ1) is 13.3. The smallest absolute Gasteiger partial charge is 0.261 e. The van der Waals surface area contributed by atoms with Gasteiger partial charge in [-0.3, -0.25) is 14.9 Å². The van der Waals surface area contributed by atoms with E-state index in [1.165, 1.54) is 0 Å². The molecule has 1 aliphatic heterocycles. The number of pyridine rings is 1. The molecule has 7 nitrogen and oxygen atoms in total. The van der Waals surface area contributed by atoms with E-state index in [0.29, 0.717) is 18.1 Å². The van der Waals surface area contributed by atoms with E-state index in [0.717, 1.165) is 30.7 Å². The fraction of sp³-hybridized carbons (Fsp3) is 0.300. The molecule has 1 N–H and O–H groups in total. The molecule has 2 aromatic heterocycles. The van der Waals surface area contributed by atoms with Crippen molar-refractivity contribution < 1.29 is 9.53 Å². The van der Waals surface area contributed by atoms with Crippen LogP contribution in [0.1, 0.15) is 31.1 Å². The lowest BCUT2D eigenvalue weighted by atomic mass is 10.0. The minimum atomic E-state index is -0.103. The third kappa shape index (κ3) is 3.97. The summed E-state index contributed by atoms with van der Waals surface area (Å²) in [6.45, 7) is 0.721. The number of para-hydroxylation sites is 1. The molecule has 0 aliphatic carbocycles. The number of ether oxygens (including phenoxy) is 1. The molecule has 1 atom stereocenters. The summed E-state index contributed by atoms with van der Waals surface area (Å²) < 4.78 is 5.64.